The normalized spacial score (nSPS) is 12.4. The van der Waals surface area contributed by atoms with Crippen LogP contribution in [0.5, 0.6) is 0 Å². The maximum atomic E-state index is 14.1. The van der Waals surface area contributed by atoms with Gasteiger partial charge in [0.15, 0.2) is 0 Å². The summed E-state index contributed by atoms with van der Waals surface area (Å²) < 4.78 is 28.2. The number of para-hydroxylation sites is 1. The van der Waals surface area contributed by atoms with E-state index in [4.69, 9.17) is 17.0 Å². The third kappa shape index (κ3) is 3.38. The van der Waals surface area contributed by atoms with Gasteiger partial charge in [-0.05, 0) is 23.8 Å². The molecule has 2 aromatic carbocycles. The Labute approximate surface area is 168 Å². The average Bonchev–Trinajstić information content (AvgIpc) is 3.06. The number of fused-ring (bicyclic) bond motifs is 1. The van der Waals surface area contributed by atoms with Gasteiger partial charge in [0.2, 0.25) is 5.91 Å². The van der Waals surface area contributed by atoms with Crippen LogP contribution < -0.4 is 16.2 Å². The molecule has 0 spiro atoms. The standard InChI is InChI=1S/C20H13ClF2N4O2/c21-11-8-25-20(29)16(18(11)27-19-12(22)2-1-3-13(19)23)17(24)10-5-4-9-7-15(28)26-14(9)6-10/h1-6,8,24H,7H2,(H,26,28)(H2,25,27,29). The van der Waals surface area contributed by atoms with Crippen LogP contribution >= 0.6 is 11.6 Å². The van der Waals surface area contributed by atoms with E-state index in [0.29, 0.717) is 11.3 Å². The van der Waals surface area contributed by atoms with Crippen LogP contribution in [0.3, 0.4) is 0 Å². The van der Waals surface area contributed by atoms with Crippen molar-refractivity contribution in [3.05, 3.63) is 86.3 Å². The number of rotatable bonds is 4. The highest BCUT2D eigenvalue weighted by molar-refractivity contribution is 6.34. The molecule has 0 radical (unpaired) electrons. The first kappa shape index (κ1) is 18.8. The van der Waals surface area contributed by atoms with Crippen molar-refractivity contribution in [1.82, 2.24) is 4.98 Å². The van der Waals surface area contributed by atoms with Crippen molar-refractivity contribution in [2.75, 3.05) is 10.6 Å². The first-order chi connectivity index (χ1) is 13.8. The van der Waals surface area contributed by atoms with Gasteiger partial charge in [-0.25, -0.2) is 8.78 Å². The van der Waals surface area contributed by atoms with Crippen LogP contribution in [-0.4, -0.2) is 16.6 Å². The quantitative estimate of drug-likeness (QED) is 0.486. The van der Waals surface area contributed by atoms with E-state index < -0.39 is 22.9 Å². The lowest BCUT2D eigenvalue weighted by Crippen LogP contribution is -2.21. The number of aromatic nitrogens is 1. The molecule has 0 saturated carbocycles. The highest BCUT2D eigenvalue weighted by atomic mass is 35.5. The second-order valence-electron chi connectivity index (χ2n) is 6.41. The Morgan fingerprint density at radius 2 is 1.83 bits per heavy atom. The average molecular weight is 415 g/mol. The fourth-order valence-corrected chi connectivity index (χ4v) is 3.32. The molecule has 1 aromatic heterocycles. The first-order valence-corrected chi connectivity index (χ1v) is 8.87. The summed E-state index contributed by atoms with van der Waals surface area (Å²) in [6.45, 7) is 0. The molecule has 0 unspecified atom stereocenters. The van der Waals surface area contributed by atoms with E-state index in [2.05, 4.69) is 15.6 Å². The molecular formula is C20H13ClF2N4O2. The largest absolute Gasteiger partial charge is 0.349 e. The van der Waals surface area contributed by atoms with Crippen molar-refractivity contribution in [2.24, 2.45) is 0 Å². The summed E-state index contributed by atoms with van der Waals surface area (Å²) in [5, 5.41) is 13.7. The van der Waals surface area contributed by atoms with Crippen LogP contribution in [0.2, 0.25) is 5.02 Å². The predicted molar refractivity (Wildman–Crippen MR) is 106 cm³/mol. The summed E-state index contributed by atoms with van der Waals surface area (Å²) in [4.78, 5) is 26.5. The van der Waals surface area contributed by atoms with Crippen molar-refractivity contribution in [3.8, 4) is 0 Å². The molecule has 9 heteroatoms. The molecule has 1 amide bonds. The van der Waals surface area contributed by atoms with Crippen molar-refractivity contribution in [3.63, 3.8) is 0 Å². The van der Waals surface area contributed by atoms with Gasteiger partial charge in [-0.3, -0.25) is 15.0 Å². The summed E-state index contributed by atoms with van der Waals surface area (Å²) in [5.41, 5.74) is -0.0202. The molecule has 146 valence electrons. The molecule has 2 heterocycles. The molecule has 0 atom stereocenters. The SMILES string of the molecule is N=C(c1ccc2c(c1)NC(=O)C2)c1c(Nc2c(F)cccc2F)c(Cl)c[nH]c1=O. The van der Waals surface area contributed by atoms with E-state index in [1.165, 1.54) is 12.3 Å². The number of carbonyl (C=O) groups excluding carboxylic acids is 1. The van der Waals surface area contributed by atoms with Crippen molar-refractivity contribution < 1.29 is 13.6 Å². The van der Waals surface area contributed by atoms with Gasteiger partial charge >= 0.3 is 0 Å². The van der Waals surface area contributed by atoms with E-state index in [1.54, 1.807) is 18.2 Å². The molecule has 29 heavy (non-hydrogen) atoms. The maximum Gasteiger partial charge on any atom is 0.259 e. The summed E-state index contributed by atoms with van der Waals surface area (Å²) >= 11 is 6.17. The van der Waals surface area contributed by atoms with Crippen LogP contribution in [0, 0.1) is 17.0 Å². The molecule has 0 aliphatic carbocycles. The van der Waals surface area contributed by atoms with Crippen LogP contribution in [0.15, 0.2) is 47.4 Å². The minimum absolute atomic E-state index is 0.0264. The lowest BCUT2D eigenvalue weighted by molar-refractivity contribution is -0.115. The monoisotopic (exact) mass is 414 g/mol. The Morgan fingerprint density at radius 3 is 2.55 bits per heavy atom. The summed E-state index contributed by atoms with van der Waals surface area (Å²) in [6.07, 6.45) is 1.41. The maximum absolute atomic E-state index is 14.1. The number of hydrogen-bond acceptors (Lipinski definition) is 4. The number of hydrogen-bond donors (Lipinski definition) is 4. The van der Waals surface area contributed by atoms with E-state index in [9.17, 15) is 18.4 Å². The van der Waals surface area contributed by atoms with Crippen LogP contribution in [0.1, 0.15) is 16.7 Å². The van der Waals surface area contributed by atoms with Gasteiger partial charge in [0, 0.05) is 17.4 Å². The summed E-state index contributed by atoms with van der Waals surface area (Å²) in [5.74, 6) is -1.92. The van der Waals surface area contributed by atoms with Crippen molar-refractivity contribution in [2.45, 2.75) is 6.42 Å². The Morgan fingerprint density at radius 1 is 1.10 bits per heavy atom. The van der Waals surface area contributed by atoms with Gasteiger partial charge in [0.25, 0.3) is 5.56 Å². The minimum atomic E-state index is -0.876. The number of carbonyl (C=O) groups is 1. The highest BCUT2D eigenvalue weighted by Crippen LogP contribution is 2.32. The zero-order chi connectivity index (χ0) is 20.7. The Bertz CT molecular complexity index is 1220. The number of benzene rings is 2. The molecule has 4 N–H and O–H groups in total. The Kier molecular flexibility index (Phi) is 4.63. The van der Waals surface area contributed by atoms with Crippen LogP contribution in [-0.2, 0) is 11.2 Å². The van der Waals surface area contributed by atoms with Gasteiger partial charge in [-0.1, -0.05) is 29.8 Å². The van der Waals surface area contributed by atoms with Crippen molar-refractivity contribution in [1.29, 1.82) is 5.41 Å². The zero-order valence-electron chi connectivity index (χ0n) is 14.7. The molecule has 1 aliphatic rings. The number of H-pyrrole nitrogens is 1. The molecule has 0 bridgehead atoms. The topological polar surface area (TPSA) is 97.8 Å². The molecule has 3 aromatic rings. The molecule has 1 aliphatic heterocycles. The van der Waals surface area contributed by atoms with Crippen LogP contribution in [0.4, 0.5) is 25.8 Å². The van der Waals surface area contributed by atoms with Gasteiger partial charge in [0.05, 0.1) is 28.4 Å². The van der Waals surface area contributed by atoms with Gasteiger partial charge in [-0.15, -0.1) is 0 Å². The third-order valence-electron chi connectivity index (χ3n) is 4.53. The predicted octanol–water partition coefficient (Wildman–Crippen LogP) is 3.96. The Hall–Kier alpha value is -3.52. The number of pyridine rings is 1. The van der Waals surface area contributed by atoms with Gasteiger partial charge in [-0.2, -0.15) is 0 Å². The van der Waals surface area contributed by atoms with Gasteiger partial charge in [0.1, 0.15) is 17.3 Å². The Balaban J connectivity index is 1.81. The second-order valence-corrected chi connectivity index (χ2v) is 6.82. The minimum Gasteiger partial charge on any atom is -0.349 e. The number of aromatic amines is 1. The van der Waals surface area contributed by atoms with E-state index in [1.807, 2.05) is 0 Å². The van der Waals surface area contributed by atoms with Crippen LogP contribution in [0.25, 0.3) is 0 Å². The fraction of sp³-hybridized carbons (Fsp3) is 0.0500. The number of halogens is 3. The molecular weight excluding hydrogens is 402 g/mol. The third-order valence-corrected chi connectivity index (χ3v) is 4.83. The molecule has 6 nitrogen and oxygen atoms in total. The number of anilines is 3. The smallest absolute Gasteiger partial charge is 0.259 e. The summed E-state index contributed by atoms with van der Waals surface area (Å²) in [6, 6.07) is 8.16. The number of nitrogens with one attached hydrogen (secondary N) is 4. The summed E-state index contributed by atoms with van der Waals surface area (Å²) in [7, 11) is 0. The molecule has 4 rings (SSSR count). The van der Waals surface area contributed by atoms with Crippen molar-refractivity contribution >= 4 is 40.3 Å². The van der Waals surface area contributed by atoms with E-state index >= 15 is 0 Å². The fourth-order valence-electron chi connectivity index (χ4n) is 3.12. The van der Waals surface area contributed by atoms with Gasteiger partial charge < -0.3 is 15.6 Å². The molecule has 0 saturated heterocycles. The number of amides is 1. The first-order valence-electron chi connectivity index (χ1n) is 8.49. The lowest BCUT2D eigenvalue weighted by atomic mass is 9.99. The molecule has 0 fully saturated rings. The second kappa shape index (κ2) is 7.14. The highest BCUT2D eigenvalue weighted by Gasteiger charge is 2.23. The van der Waals surface area contributed by atoms with E-state index in [0.717, 1.165) is 17.7 Å². The van der Waals surface area contributed by atoms with E-state index in [-0.39, 0.29) is 34.3 Å². The zero-order valence-corrected chi connectivity index (χ0v) is 15.5. The lowest BCUT2D eigenvalue weighted by Gasteiger charge is -2.15.